The van der Waals surface area contributed by atoms with Crippen LogP contribution in [-0.2, 0) is 0 Å². The van der Waals surface area contributed by atoms with Crippen molar-refractivity contribution in [3.8, 4) is 0 Å². The molecule has 0 spiro atoms. The van der Waals surface area contributed by atoms with E-state index in [-0.39, 0.29) is 5.91 Å². The first-order valence-corrected chi connectivity index (χ1v) is 7.09. The maximum absolute atomic E-state index is 12.4. The van der Waals surface area contributed by atoms with Gasteiger partial charge in [0.25, 0.3) is 5.91 Å². The molecule has 4 heteroatoms. The molecule has 1 aliphatic heterocycles. The van der Waals surface area contributed by atoms with Gasteiger partial charge in [0.15, 0.2) is 0 Å². The molecule has 2 rings (SSSR count). The van der Waals surface area contributed by atoms with Crippen molar-refractivity contribution in [3.63, 3.8) is 0 Å². The number of rotatable bonds is 3. The van der Waals surface area contributed by atoms with Gasteiger partial charge in [-0.15, -0.1) is 0 Å². The molecular formula is C15H23N3O. The van der Waals surface area contributed by atoms with Crippen LogP contribution in [0.15, 0.2) is 18.2 Å². The number of carbonyl (C=O) groups excluding carboxylic acids is 1. The zero-order chi connectivity index (χ0) is 13.8. The van der Waals surface area contributed by atoms with Crippen molar-refractivity contribution in [2.75, 3.05) is 18.4 Å². The minimum absolute atomic E-state index is 0.0546. The van der Waals surface area contributed by atoms with Crippen molar-refractivity contribution in [1.82, 2.24) is 9.88 Å². The van der Waals surface area contributed by atoms with Crippen molar-refractivity contribution in [2.45, 2.75) is 39.7 Å². The van der Waals surface area contributed by atoms with Gasteiger partial charge < -0.3 is 10.2 Å². The number of nitrogens with zero attached hydrogens (tertiary/aromatic N) is 2. The fourth-order valence-corrected chi connectivity index (χ4v) is 2.47. The largest absolute Gasteiger partial charge is 0.368 e. The Morgan fingerprint density at radius 3 is 2.95 bits per heavy atom. The van der Waals surface area contributed by atoms with Gasteiger partial charge in [-0.25, -0.2) is 4.98 Å². The number of hydrogen-bond acceptors (Lipinski definition) is 3. The van der Waals surface area contributed by atoms with E-state index in [1.807, 2.05) is 17.0 Å². The maximum Gasteiger partial charge on any atom is 0.272 e. The Morgan fingerprint density at radius 2 is 2.26 bits per heavy atom. The number of amides is 1. The summed E-state index contributed by atoms with van der Waals surface area (Å²) in [6.45, 7) is 8.02. The first-order chi connectivity index (χ1) is 9.06. The molecule has 0 saturated carbocycles. The summed E-state index contributed by atoms with van der Waals surface area (Å²) < 4.78 is 0. The van der Waals surface area contributed by atoms with Gasteiger partial charge in [0, 0.05) is 19.1 Å². The monoisotopic (exact) mass is 261 g/mol. The molecule has 0 bridgehead atoms. The number of anilines is 1. The van der Waals surface area contributed by atoms with Gasteiger partial charge in [0.2, 0.25) is 0 Å². The van der Waals surface area contributed by atoms with E-state index < -0.39 is 0 Å². The quantitative estimate of drug-likeness (QED) is 0.910. The average molecular weight is 261 g/mol. The fourth-order valence-electron chi connectivity index (χ4n) is 2.47. The summed E-state index contributed by atoms with van der Waals surface area (Å²) in [5.41, 5.74) is 0.541. The Labute approximate surface area is 115 Å². The minimum Gasteiger partial charge on any atom is -0.368 e. The molecule has 19 heavy (non-hydrogen) atoms. The number of piperidine rings is 1. The third-order valence-electron chi connectivity index (χ3n) is 3.35. The topological polar surface area (TPSA) is 45.2 Å². The summed E-state index contributed by atoms with van der Waals surface area (Å²) >= 11 is 0. The Kier molecular flexibility index (Phi) is 4.40. The number of hydrogen-bond donors (Lipinski definition) is 1. The molecule has 0 radical (unpaired) electrons. The van der Waals surface area contributed by atoms with Crippen LogP contribution in [0.25, 0.3) is 0 Å². The van der Waals surface area contributed by atoms with E-state index in [0.29, 0.717) is 17.7 Å². The van der Waals surface area contributed by atoms with Gasteiger partial charge in [-0.2, -0.15) is 0 Å². The zero-order valence-corrected chi connectivity index (χ0v) is 12.0. The van der Waals surface area contributed by atoms with Crippen LogP contribution in [-0.4, -0.2) is 34.9 Å². The average Bonchev–Trinajstić information content (AvgIpc) is 2.37. The predicted molar refractivity (Wildman–Crippen MR) is 77.3 cm³/mol. The van der Waals surface area contributed by atoms with E-state index in [1.165, 1.54) is 6.42 Å². The molecule has 2 heterocycles. The third-order valence-corrected chi connectivity index (χ3v) is 3.35. The van der Waals surface area contributed by atoms with Crippen LogP contribution in [0.4, 0.5) is 5.82 Å². The lowest BCUT2D eigenvalue weighted by atomic mass is 10.00. The fraction of sp³-hybridized carbons (Fsp3) is 0.600. The van der Waals surface area contributed by atoms with Crippen molar-refractivity contribution < 1.29 is 4.79 Å². The summed E-state index contributed by atoms with van der Waals surface area (Å²) in [6.07, 6.45) is 2.31. The highest BCUT2D eigenvalue weighted by molar-refractivity contribution is 5.92. The summed E-state index contributed by atoms with van der Waals surface area (Å²) in [5.74, 6) is 1.42. The summed E-state index contributed by atoms with van der Waals surface area (Å²) in [5, 5.41) is 3.23. The molecule has 1 atom stereocenters. The van der Waals surface area contributed by atoms with Crippen molar-refractivity contribution in [2.24, 2.45) is 5.92 Å². The normalized spacial score (nSPS) is 19.6. The SMILES string of the molecule is CC1CCCN(C(=O)c2cccc(NC(C)C)n2)C1. The van der Waals surface area contributed by atoms with Crippen LogP contribution >= 0.6 is 0 Å². The van der Waals surface area contributed by atoms with Gasteiger partial charge >= 0.3 is 0 Å². The van der Waals surface area contributed by atoms with E-state index >= 15 is 0 Å². The molecule has 0 aromatic carbocycles. The molecule has 1 amide bonds. The highest BCUT2D eigenvalue weighted by Gasteiger charge is 2.22. The molecule has 1 fully saturated rings. The predicted octanol–water partition coefficient (Wildman–Crippen LogP) is 2.77. The van der Waals surface area contributed by atoms with Crippen LogP contribution in [0.2, 0.25) is 0 Å². The molecule has 1 aliphatic rings. The Bertz CT molecular complexity index is 445. The first kappa shape index (κ1) is 13.8. The molecule has 104 valence electrons. The highest BCUT2D eigenvalue weighted by Crippen LogP contribution is 2.18. The Morgan fingerprint density at radius 1 is 1.47 bits per heavy atom. The second kappa shape index (κ2) is 6.04. The van der Waals surface area contributed by atoms with Crippen LogP contribution in [0.5, 0.6) is 0 Å². The van der Waals surface area contributed by atoms with E-state index in [9.17, 15) is 4.79 Å². The van der Waals surface area contributed by atoms with Crippen molar-refractivity contribution in [3.05, 3.63) is 23.9 Å². The van der Waals surface area contributed by atoms with Gasteiger partial charge in [0.05, 0.1) is 0 Å². The molecule has 1 saturated heterocycles. The van der Waals surface area contributed by atoms with Crippen LogP contribution in [0.1, 0.15) is 44.1 Å². The third kappa shape index (κ3) is 3.69. The number of aromatic nitrogens is 1. The number of likely N-dealkylation sites (tertiary alicyclic amines) is 1. The van der Waals surface area contributed by atoms with Crippen LogP contribution in [0.3, 0.4) is 0 Å². The molecule has 1 unspecified atom stereocenters. The molecule has 4 nitrogen and oxygen atoms in total. The standard InChI is InChI=1S/C15H23N3O/c1-11(2)16-14-8-4-7-13(17-14)15(19)18-9-5-6-12(3)10-18/h4,7-8,11-12H,5-6,9-10H2,1-3H3,(H,16,17). The smallest absolute Gasteiger partial charge is 0.272 e. The highest BCUT2D eigenvalue weighted by atomic mass is 16.2. The zero-order valence-electron chi connectivity index (χ0n) is 12.0. The Hall–Kier alpha value is -1.58. The van der Waals surface area contributed by atoms with Crippen LogP contribution < -0.4 is 5.32 Å². The van der Waals surface area contributed by atoms with E-state index in [1.54, 1.807) is 6.07 Å². The van der Waals surface area contributed by atoms with E-state index in [2.05, 4.69) is 31.1 Å². The molecule has 1 N–H and O–H groups in total. The second-order valence-electron chi connectivity index (χ2n) is 5.71. The maximum atomic E-state index is 12.4. The summed E-state index contributed by atoms with van der Waals surface area (Å²) in [7, 11) is 0. The lowest BCUT2D eigenvalue weighted by molar-refractivity contribution is 0.0677. The molecule has 1 aromatic rings. The Balaban J connectivity index is 2.10. The van der Waals surface area contributed by atoms with E-state index in [0.717, 1.165) is 25.3 Å². The van der Waals surface area contributed by atoms with Gasteiger partial charge in [-0.1, -0.05) is 13.0 Å². The lowest BCUT2D eigenvalue weighted by Gasteiger charge is -2.30. The van der Waals surface area contributed by atoms with Gasteiger partial charge in [-0.3, -0.25) is 4.79 Å². The van der Waals surface area contributed by atoms with Crippen molar-refractivity contribution >= 4 is 11.7 Å². The summed E-state index contributed by atoms with van der Waals surface area (Å²) in [6, 6.07) is 5.90. The minimum atomic E-state index is 0.0546. The number of pyridine rings is 1. The lowest BCUT2D eigenvalue weighted by Crippen LogP contribution is -2.39. The van der Waals surface area contributed by atoms with Gasteiger partial charge in [-0.05, 0) is 44.7 Å². The van der Waals surface area contributed by atoms with E-state index in [4.69, 9.17) is 0 Å². The summed E-state index contributed by atoms with van der Waals surface area (Å²) in [4.78, 5) is 18.8. The number of carbonyl (C=O) groups is 1. The van der Waals surface area contributed by atoms with Gasteiger partial charge in [0.1, 0.15) is 11.5 Å². The molecule has 1 aromatic heterocycles. The molecular weight excluding hydrogens is 238 g/mol. The van der Waals surface area contributed by atoms with Crippen molar-refractivity contribution in [1.29, 1.82) is 0 Å². The second-order valence-corrected chi connectivity index (χ2v) is 5.71. The molecule has 0 aliphatic carbocycles. The number of nitrogens with one attached hydrogen (secondary N) is 1. The van der Waals surface area contributed by atoms with Crippen LogP contribution in [0, 0.1) is 5.92 Å². The first-order valence-electron chi connectivity index (χ1n) is 7.09.